The van der Waals surface area contributed by atoms with E-state index in [0.29, 0.717) is 18.5 Å². The summed E-state index contributed by atoms with van der Waals surface area (Å²) in [7, 11) is 1.62. The summed E-state index contributed by atoms with van der Waals surface area (Å²) >= 11 is 0. The Morgan fingerprint density at radius 1 is 1.23 bits per heavy atom. The number of nitriles is 1. The molecule has 2 aromatic rings. The van der Waals surface area contributed by atoms with Crippen LogP contribution in [0.15, 0.2) is 48.5 Å². The van der Waals surface area contributed by atoms with Crippen LogP contribution >= 0.6 is 0 Å². The molecule has 4 nitrogen and oxygen atoms in total. The molecule has 0 spiro atoms. The second-order valence-corrected chi connectivity index (χ2v) is 4.84. The number of rotatable bonds is 5. The molecule has 0 radical (unpaired) electrons. The molecule has 0 saturated carbocycles. The lowest BCUT2D eigenvalue weighted by atomic mass is 10.1. The van der Waals surface area contributed by atoms with Crippen molar-refractivity contribution in [2.45, 2.75) is 19.9 Å². The van der Waals surface area contributed by atoms with Crippen molar-refractivity contribution in [3.05, 3.63) is 59.7 Å². The monoisotopic (exact) mass is 294 g/mol. The molecule has 0 aliphatic carbocycles. The van der Waals surface area contributed by atoms with E-state index in [9.17, 15) is 4.79 Å². The summed E-state index contributed by atoms with van der Waals surface area (Å²) in [5.41, 5.74) is 2.29. The second kappa shape index (κ2) is 7.28. The number of anilines is 1. The van der Waals surface area contributed by atoms with Crippen LogP contribution < -0.4 is 9.64 Å². The van der Waals surface area contributed by atoms with Gasteiger partial charge in [-0.15, -0.1) is 0 Å². The quantitative estimate of drug-likeness (QED) is 0.848. The summed E-state index contributed by atoms with van der Waals surface area (Å²) in [5.74, 6) is 0.800. The molecule has 2 aromatic carbocycles. The molecule has 2 rings (SSSR count). The van der Waals surface area contributed by atoms with Crippen LogP contribution in [0.25, 0.3) is 0 Å². The standard InChI is InChI=1S/C18H18N2O2/c1-3-18(21)20(16-6-4-5-15(11-16)12-19)13-14-7-9-17(22-2)10-8-14/h4-11H,3,13H2,1-2H3. The first-order valence-corrected chi connectivity index (χ1v) is 7.11. The van der Waals surface area contributed by atoms with E-state index in [2.05, 4.69) is 6.07 Å². The lowest BCUT2D eigenvalue weighted by molar-refractivity contribution is -0.118. The van der Waals surface area contributed by atoms with Gasteiger partial charge in [-0.1, -0.05) is 25.1 Å². The third-order valence-corrected chi connectivity index (χ3v) is 3.39. The number of benzene rings is 2. The molecule has 112 valence electrons. The fraction of sp³-hybridized carbons (Fsp3) is 0.222. The maximum Gasteiger partial charge on any atom is 0.227 e. The first kappa shape index (κ1) is 15.6. The highest BCUT2D eigenvalue weighted by Gasteiger charge is 2.15. The van der Waals surface area contributed by atoms with Crippen molar-refractivity contribution in [2.75, 3.05) is 12.0 Å². The zero-order chi connectivity index (χ0) is 15.9. The lowest BCUT2D eigenvalue weighted by Crippen LogP contribution is -2.29. The molecule has 0 aliphatic heterocycles. The first-order chi connectivity index (χ1) is 10.7. The Hall–Kier alpha value is -2.80. The van der Waals surface area contributed by atoms with E-state index in [1.165, 1.54) is 0 Å². The topological polar surface area (TPSA) is 53.3 Å². The average molecular weight is 294 g/mol. The second-order valence-electron chi connectivity index (χ2n) is 4.84. The van der Waals surface area contributed by atoms with Crippen molar-refractivity contribution in [3.63, 3.8) is 0 Å². The van der Waals surface area contributed by atoms with Crippen molar-refractivity contribution < 1.29 is 9.53 Å². The van der Waals surface area contributed by atoms with Crippen molar-refractivity contribution in [3.8, 4) is 11.8 Å². The van der Waals surface area contributed by atoms with Crippen molar-refractivity contribution in [1.29, 1.82) is 5.26 Å². The van der Waals surface area contributed by atoms with Crippen LogP contribution in [0.1, 0.15) is 24.5 Å². The van der Waals surface area contributed by atoms with E-state index in [0.717, 1.165) is 17.0 Å². The summed E-state index contributed by atoms with van der Waals surface area (Å²) in [6, 6.07) is 16.8. The van der Waals surface area contributed by atoms with Crippen LogP contribution in [0.5, 0.6) is 5.75 Å². The Bertz CT molecular complexity index is 687. The molecule has 0 unspecified atom stereocenters. The number of carbonyl (C=O) groups is 1. The summed E-state index contributed by atoms with van der Waals surface area (Å²) in [5, 5.41) is 9.02. The molecule has 0 aliphatic rings. The Balaban J connectivity index is 2.29. The highest BCUT2D eigenvalue weighted by molar-refractivity contribution is 5.93. The Labute approximate surface area is 130 Å². The molecule has 0 atom stereocenters. The van der Waals surface area contributed by atoms with Crippen molar-refractivity contribution in [2.24, 2.45) is 0 Å². The van der Waals surface area contributed by atoms with Gasteiger partial charge in [0.2, 0.25) is 5.91 Å². The normalized spacial score (nSPS) is 9.86. The predicted octanol–water partition coefficient (Wildman–Crippen LogP) is 3.51. The minimum Gasteiger partial charge on any atom is -0.497 e. The van der Waals surface area contributed by atoms with Gasteiger partial charge in [-0.25, -0.2) is 0 Å². The van der Waals surface area contributed by atoms with Gasteiger partial charge in [0.25, 0.3) is 0 Å². The molecule has 0 bridgehead atoms. The Kier molecular flexibility index (Phi) is 5.16. The van der Waals surface area contributed by atoms with Gasteiger partial charge in [-0.3, -0.25) is 4.79 Å². The fourth-order valence-electron chi connectivity index (χ4n) is 2.17. The van der Waals surface area contributed by atoms with Gasteiger partial charge in [0.15, 0.2) is 0 Å². The van der Waals surface area contributed by atoms with E-state index >= 15 is 0 Å². The van der Waals surface area contributed by atoms with Gasteiger partial charge in [0.05, 0.1) is 25.3 Å². The molecule has 0 fully saturated rings. The summed E-state index contributed by atoms with van der Waals surface area (Å²) in [6.45, 7) is 2.29. The van der Waals surface area contributed by atoms with Gasteiger partial charge >= 0.3 is 0 Å². The zero-order valence-electron chi connectivity index (χ0n) is 12.7. The van der Waals surface area contributed by atoms with Crippen LogP contribution in [0.3, 0.4) is 0 Å². The van der Waals surface area contributed by atoms with Gasteiger partial charge in [-0.2, -0.15) is 5.26 Å². The highest BCUT2D eigenvalue weighted by atomic mass is 16.5. The highest BCUT2D eigenvalue weighted by Crippen LogP contribution is 2.21. The van der Waals surface area contributed by atoms with E-state index in [4.69, 9.17) is 10.00 Å². The SMILES string of the molecule is CCC(=O)N(Cc1ccc(OC)cc1)c1cccc(C#N)c1. The minimum absolute atomic E-state index is 0.0194. The number of ether oxygens (including phenoxy) is 1. The molecule has 0 N–H and O–H groups in total. The third kappa shape index (κ3) is 3.64. The molecular formula is C18H18N2O2. The van der Waals surface area contributed by atoms with Crippen LogP contribution in [0.4, 0.5) is 5.69 Å². The third-order valence-electron chi connectivity index (χ3n) is 3.39. The van der Waals surface area contributed by atoms with E-state index in [1.807, 2.05) is 37.3 Å². The van der Waals surface area contributed by atoms with E-state index in [1.54, 1.807) is 30.2 Å². The molecule has 4 heteroatoms. The maximum absolute atomic E-state index is 12.3. The van der Waals surface area contributed by atoms with Crippen molar-refractivity contribution >= 4 is 11.6 Å². The number of nitrogens with zero attached hydrogens (tertiary/aromatic N) is 2. The number of hydrogen-bond donors (Lipinski definition) is 0. The zero-order valence-corrected chi connectivity index (χ0v) is 12.7. The van der Waals surface area contributed by atoms with Gasteiger partial charge in [0.1, 0.15) is 5.75 Å². The summed E-state index contributed by atoms with van der Waals surface area (Å²) < 4.78 is 5.14. The Morgan fingerprint density at radius 3 is 2.55 bits per heavy atom. The Morgan fingerprint density at radius 2 is 1.95 bits per heavy atom. The van der Waals surface area contributed by atoms with Gasteiger partial charge in [-0.05, 0) is 35.9 Å². The number of methoxy groups -OCH3 is 1. The van der Waals surface area contributed by atoms with Gasteiger partial charge in [0, 0.05) is 12.1 Å². The molecule has 0 aromatic heterocycles. The lowest BCUT2D eigenvalue weighted by Gasteiger charge is -2.23. The van der Waals surface area contributed by atoms with Crippen LogP contribution in [-0.4, -0.2) is 13.0 Å². The number of amides is 1. The predicted molar refractivity (Wildman–Crippen MR) is 85.6 cm³/mol. The van der Waals surface area contributed by atoms with E-state index < -0.39 is 0 Å². The van der Waals surface area contributed by atoms with Crippen molar-refractivity contribution in [1.82, 2.24) is 0 Å². The molecule has 22 heavy (non-hydrogen) atoms. The molecule has 0 heterocycles. The van der Waals surface area contributed by atoms with Crippen LogP contribution in [-0.2, 0) is 11.3 Å². The largest absolute Gasteiger partial charge is 0.497 e. The van der Waals surface area contributed by atoms with Gasteiger partial charge < -0.3 is 9.64 Å². The minimum atomic E-state index is 0.0194. The average Bonchev–Trinajstić information content (AvgIpc) is 2.59. The van der Waals surface area contributed by atoms with Crippen LogP contribution in [0.2, 0.25) is 0 Å². The number of carbonyl (C=O) groups excluding carboxylic acids is 1. The molecule has 0 saturated heterocycles. The summed E-state index contributed by atoms with van der Waals surface area (Å²) in [4.78, 5) is 14.0. The van der Waals surface area contributed by atoms with Crippen LogP contribution in [0, 0.1) is 11.3 Å². The smallest absolute Gasteiger partial charge is 0.227 e. The number of hydrogen-bond acceptors (Lipinski definition) is 3. The summed E-state index contributed by atoms with van der Waals surface area (Å²) in [6.07, 6.45) is 0.410. The molecular weight excluding hydrogens is 276 g/mol. The maximum atomic E-state index is 12.3. The molecule has 1 amide bonds. The first-order valence-electron chi connectivity index (χ1n) is 7.11. The fourth-order valence-corrected chi connectivity index (χ4v) is 2.17. The van der Waals surface area contributed by atoms with E-state index in [-0.39, 0.29) is 5.91 Å².